The highest BCUT2D eigenvalue weighted by Crippen LogP contribution is 2.10. The van der Waals surface area contributed by atoms with Crippen LogP contribution in [0.4, 0.5) is 10.3 Å². The van der Waals surface area contributed by atoms with E-state index in [0.717, 1.165) is 5.56 Å². The molecule has 0 aliphatic carbocycles. The van der Waals surface area contributed by atoms with Gasteiger partial charge >= 0.3 is 0 Å². The van der Waals surface area contributed by atoms with Gasteiger partial charge in [-0.25, -0.2) is 9.37 Å². The average Bonchev–Trinajstić information content (AvgIpc) is 2.66. The number of carbonyl (C=O) groups excluding carboxylic acids is 1. The van der Waals surface area contributed by atoms with Crippen molar-refractivity contribution >= 4 is 22.8 Å². The van der Waals surface area contributed by atoms with Crippen LogP contribution < -0.4 is 16.4 Å². The van der Waals surface area contributed by atoms with Crippen molar-refractivity contribution in [2.24, 2.45) is 0 Å². The molecule has 6 nitrogen and oxygen atoms in total. The van der Waals surface area contributed by atoms with Crippen molar-refractivity contribution in [2.75, 3.05) is 5.43 Å². The molecule has 0 fully saturated rings. The lowest BCUT2D eigenvalue weighted by atomic mass is 10.1. The first-order chi connectivity index (χ1) is 12.6. The number of benzene rings is 2. The van der Waals surface area contributed by atoms with Crippen LogP contribution in [0, 0.1) is 5.82 Å². The van der Waals surface area contributed by atoms with Gasteiger partial charge in [-0.15, -0.1) is 0 Å². The monoisotopic (exact) mass is 354 g/mol. The molecule has 3 rings (SSSR count). The summed E-state index contributed by atoms with van der Waals surface area (Å²) in [5.41, 5.74) is 6.56. The van der Waals surface area contributed by atoms with Crippen LogP contribution in [-0.4, -0.2) is 15.5 Å². The molecular weight excluding hydrogens is 335 g/mol. The number of carbonyl (C=O) groups is 1. The highest BCUT2D eigenvalue weighted by Gasteiger charge is 2.10. The quantitative estimate of drug-likeness (QED) is 0.667. The fourth-order valence-corrected chi connectivity index (χ4v) is 2.65. The number of fused-ring (bicyclic) bond motifs is 1. The van der Waals surface area contributed by atoms with E-state index in [1.54, 1.807) is 36.4 Å². The van der Waals surface area contributed by atoms with Gasteiger partial charge in [-0.2, -0.15) is 0 Å². The molecule has 1 heterocycles. The first kappa shape index (κ1) is 17.6. The third-order valence-corrected chi connectivity index (χ3v) is 4.05. The van der Waals surface area contributed by atoms with Crippen molar-refractivity contribution in [3.8, 4) is 0 Å². The summed E-state index contributed by atoms with van der Waals surface area (Å²) in [5.74, 6) is -0.273. The maximum absolute atomic E-state index is 12.9. The van der Waals surface area contributed by atoms with E-state index < -0.39 is 0 Å². The van der Waals surface area contributed by atoms with Crippen molar-refractivity contribution in [2.45, 2.75) is 26.3 Å². The first-order valence-electron chi connectivity index (χ1n) is 8.37. The predicted octanol–water partition coefficient (Wildman–Crippen LogP) is 2.63. The number of rotatable bonds is 6. The summed E-state index contributed by atoms with van der Waals surface area (Å²) >= 11 is 0. The van der Waals surface area contributed by atoms with Gasteiger partial charge in [0.25, 0.3) is 5.56 Å². The fraction of sp³-hybridized carbons (Fsp3) is 0.211. The van der Waals surface area contributed by atoms with Crippen molar-refractivity contribution in [1.82, 2.24) is 15.0 Å². The summed E-state index contributed by atoms with van der Waals surface area (Å²) in [6, 6.07) is 13.1. The second kappa shape index (κ2) is 7.77. The number of aryl methyl sites for hydroxylation is 1. The van der Waals surface area contributed by atoms with Crippen LogP contribution in [0.5, 0.6) is 0 Å². The third kappa shape index (κ3) is 3.88. The molecule has 0 aliphatic rings. The Bertz CT molecular complexity index is 983. The Kier molecular flexibility index (Phi) is 5.26. The summed E-state index contributed by atoms with van der Waals surface area (Å²) in [4.78, 5) is 28.9. The van der Waals surface area contributed by atoms with Crippen LogP contribution in [0.1, 0.15) is 18.9 Å². The Morgan fingerprint density at radius 1 is 1.15 bits per heavy atom. The average molecular weight is 354 g/mol. The SMILES string of the molecule is CCn1c(NNC(=O)CCc2ccc(F)cc2)nc2ccccc2c1=O. The van der Waals surface area contributed by atoms with Crippen LogP contribution in [0.25, 0.3) is 10.9 Å². The molecule has 0 atom stereocenters. The molecule has 0 spiro atoms. The second-order valence-corrected chi connectivity index (χ2v) is 5.80. The lowest BCUT2D eigenvalue weighted by Gasteiger charge is -2.14. The van der Waals surface area contributed by atoms with Crippen LogP contribution in [0.2, 0.25) is 0 Å². The van der Waals surface area contributed by atoms with E-state index in [4.69, 9.17) is 0 Å². The minimum absolute atomic E-state index is 0.166. The molecule has 0 saturated heterocycles. The molecule has 2 aromatic carbocycles. The van der Waals surface area contributed by atoms with Crippen molar-refractivity contribution in [3.05, 3.63) is 70.3 Å². The topological polar surface area (TPSA) is 76.0 Å². The Balaban J connectivity index is 1.68. The van der Waals surface area contributed by atoms with Gasteiger partial charge in [0.2, 0.25) is 11.9 Å². The summed E-state index contributed by atoms with van der Waals surface area (Å²) in [7, 11) is 0. The first-order valence-corrected chi connectivity index (χ1v) is 8.37. The third-order valence-electron chi connectivity index (χ3n) is 4.05. The number of anilines is 1. The molecule has 0 saturated carbocycles. The molecular formula is C19H19FN4O2. The van der Waals surface area contributed by atoms with E-state index in [-0.39, 0.29) is 29.7 Å². The summed E-state index contributed by atoms with van der Waals surface area (Å²) in [5, 5.41) is 0.530. The molecule has 0 radical (unpaired) electrons. The standard InChI is InChI=1S/C19H19FN4O2/c1-2-24-18(26)15-5-3-4-6-16(15)21-19(24)23-22-17(25)12-9-13-7-10-14(20)11-8-13/h3-8,10-11H,2,9,12H2,1H3,(H,21,23)(H,22,25). The molecule has 1 amide bonds. The van der Waals surface area contributed by atoms with E-state index in [9.17, 15) is 14.0 Å². The molecule has 3 aromatic rings. The van der Waals surface area contributed by atoms with Gasteiger partial charge in [-0.3, -0.25) is 25.0 Å². The van der Waals surface area contributed by atoms with E-state index >= 15 is 0 Å². The van der Waals surface area contributed by atoms with Crippen molar-refractivity contribution in [3.63, 3.8) is 0 Å². The maximum Gasteiger partial charge on any atom is 0.262 e. The molecule has 26 heavy (non-hydrogen) atoms. The van der Waals surface area contributed by atoms with Gasteiger partial charge in [-0.05, 0) is 43.2 Å². The van der Waals surface area contributed by atoms with Gasteiger partial charge in [0.1, 0.15) is 5.82 Å². The second-order valence-electron chi connectivity index (χ2n) is 5.80. The number of halogens is 1. The highest BCUT2D eigenvalue weighted by atomic mass is 19.1. The number of hydrogen-bond acceptors (Lipinski definition) is 4. The molecule has 0 bridgehead atoms. The van der Waals surface area contributed by atoms with Gasteiger partial charge in [0.05, 0.1) is 10.9 Å². The predicted molar refractivity (Wildman–Crippen MR) is 98.2 cm³/mol. The molecule has 0 unspecified atom stereocenters. The Labute approximate surface area is 149 Å². The van der Waals surface area contributed by atoms with Crippen LogP contribution in [0.3, 0.4) is 0 Å². The summed E-state index contributed by atoms with van der Waals surface area (Å²) in [6.07, 6.45) is 0.710. The zero-order chi connectivity index (χ0) is 18.5. The number of para-hydroxylation sites is 1. The summed E-state index contributed by atoms with van der Waals surface area (Å²) in [6.45, 7) is 2.25. The fourth-order valence-electron chi connectivity index (χ4n) is 2.65. The van der Waals surface area contributed by atoms with Crippen molar-refractivity contribution < 1.29 is 9.18 Å². The minimum atomic E-state index is -0.306. The van der Waals surface area contributed by atoms with E-state index in [1.165, 1.54) is 16.7 Å². The van der Waals surface area contributed by atoms with Crippen molar-refractivity contribution in [1.29, 1.82) is 0 Å². The number of amides is 1. The van der Waals surface area contributed by atoms with Gasteiger partial charge in [0.15, 0.2) is 0 Å². The number of hydrogen-bond donors (Lipinski definition) is 2. The van der Waals surface area contributed by atoms with E-state index in [1.807, 2.05) is 6.92 Å². The van der Waals surface area contributed by atoms with Gasteiger partial charge in [-0.1, -0.05) is 24.3 Å². The lowest BCUT2D eigenvalue weighted by molar-refractivity contribution is -0.120. The minimum Gasteiger partial charge on any atom is -0.277 e. The van der Waals surface area contributed by atoms with Gasteiger partial charge < -0.3 is 0 Å². The normalized spacial score (nSPS) is 10.7. The zero-order valence-corrected chi connectivity index (χ0v) is 14.3. The molecule has 7 heteroatoms. The molecule has 1 aromatic heterocycles. The maximum atomic E-state index is 12.9. The van der Waals surface area contributed by atoms with Crippen LogP contribution >= 0.6 is 0 Å². The van der Waals surface area contributed by atoms with Gasteiger partial charge in [0, 0.05) is 13.0 Å². The van der Waals surface area contributed by atoms with E-state index in [0.29, 0.717) is 23.9 Å². The molecule has 2 N–H and O–H groups in total. The molecule has 0 aliphatic heterocycles. The zero-order valence-electron chi connectivity index (χ0n) is 14.3. The number of hydrazine groups is 1. The molecule has 134 valence electrons. The Hall–Kier alpha value is -3.22. The number of nitrogens with one attached hydrogen (secondary N) is 2. The van der Waals surface area contributed by atoms with E-state index in [2.05, 4.69) is 15.8 Å². The number of aromatic nitrogens is 2. The smallest absolute Gasteiger partial charge is 0.262 e. The van der Waals surface area contributed by atoms with Crippen LogP contribution in [0.15, 0.2) is 53.3 Å². The number of nitrogens with zero attached hydrogens (tertiary/aromatic N) is 2. The van der Waals surface area contributed by atoms with Crippen LogP contribution in [-0.2, 0) is 17.8 Å². The largest absolute Gasteiger partial charge is 0.277 e. The lowest BCUT2D eigenvalue weighted by Crippen LogP contribution is -2.34. The highest BCUT2D eigenvalue weighted by molar-refractivity contribution is 5.80. The Morgan fingerprint density at radius 3 is 2.62 bits per heavy atom. The summed E-state index contributed by atoms with van der Waals surface area (Å²) < 4.78 is 14.3. The Morgan fingerprint density at radius 2 is 1.88 bits per heavy atom.